The van der Waals surface area contributed by atoms with Crippen molar-refractivity contribution in [1.29, 1.82) is 0 Å². The highest BCUT2D eigenvalue weighted by atomic mass is 32.1. The summed E-state index contributed by atoms with van der Waals surface area (Å²) in [4.78, 5) is 29.7. The number of fused-ring (bicyclic) bond motifs is 1. The first kappa shape index (κ1) is 20.1. The standard InChI is InChI=1S/C23H22N4O2S2/c24-23(29)19-11-15-5-1-2-6-16(15)13-26(19)14-22(28)27-18(21-8-4-10-31-21)12-17(25-27)20-7-3-9-30-20/h1-10,18-19H,11-14H2,(H2,24,29)/t18-,19-/m0/s1. The zero-order valence-corrected chi connectivity index (χ0v) is 18.4. The van der Waals surface area contributed by atoms with Crippen molar-refractivity contribution in [3.05, 3.63) is 80.2 Å². The highest BCUT2D eigenvalue weighted by molar-refractivity contribution is 7.12. The molecule has 0 saturated carbocycles. The molecule has 31 heavy (non-hydrogen) atoms. The van der Waals surface area contributed by atoms with E-state index in [1.807, 2.05) is 64.2 Å². The molecule has 8 heteroatoms. The Morgan fingerprint density at radius 2 is 1.77 bits per heavy atom. The van der Waals surface area contributed by atoms with Gasteiger partial charge in [-0.2, -0.15) is 5.10 Å². The molecule has 0 aliphatic carbocycles. The van der Waals surface area contributed by atoms with E-state index in [0.29, 0.717) is 19.4 Å². The lowest BCUT2D eigenvalue weighted by Crippen LogP contribution is -2.51. The van der Waals surface area contributed by atoms with Gasteiger partial charge in [-0.3, -0.25) is 14.5 Å². The summed E-state index contributed by atoms with van der Waals surface area (Å²) in [6, 6.07) is 15.5. The maximum atomic E-state index is 13.4. The van der Waals surface area contributed by atoms with E-state index in [-0.39, 0.29) is 18.5 Å². The molecule has 3 aromatic rings. The number of hydrazone groups is 1. The number of carbonyl (C=O) groups excluding carboxylic acids is 2. The summed E-state index contributed by atoms with van der Waals surface area (Å²) < 4.78 is 0. The van der Waals surface area contributed by atoms with Gasteiger partial charge in [-0.25, -0.2) is 5.01 Å². The Hall–Kier alpha value is -2.81. The first-order valence-corrected chi connectivity index (χ1v) is 11.9. The van der Waals surface area contributed by atoms with E-state index >= 15 is 0 Å². The van der Waals surface area contributed by atoms with E-state index in [1.165, 1.54) is 0 Å². The number of hydrogen-bond acceptors (Lipinski definition) is 6. The molecule has 158 valence electrons. The summed E-state index contributed by atoms with van der Waals surface area (Å²) in [6.45, 7) is 0.625. The number of thiophene rings is 2. The van der Waals surface area contributed by atoms with E-state index in [4.69, 9.17) is 10.8 Å². The van der Waals surface area contributed by atoms with E-state index in [9.17, 15) is 9.59 Å². The van der Waals surface area contributed by atoms with Crippen molar-refractivity contribution in [3.8, 4) is 0 Å². The van der Waals surface area contributed by atoms with Gasteiger partial charge >= 0.3 is 0 Å². The Labute approximate surface area is 188 Å². The van der Waals surface area contributed by atoms with Gasteiger partial charge in [-0.1, -0.05) is 36.4 Å². The van der Waals surface area contributed by atoms with Crippen LogP contribution in [-0.4, -0.2) is 40.0 Å². The number of primary amides is 1. The number of rotatable bonds is 5. The molecule has 2 aromatic heterocycles. The number of nitrogens with zero attached hydrogens (tertiary/aromatic N) is 3. The van der Waals surface area contributed by atoms with Crippen LogP contribution in [0.15, 0.2) is 64.4 Å². The van der Waals surface area contributed by atoms with Gasteiger partial charge in [0.05, 0.1) is 29.2 Å². The summed E-state index contributed by atoms with van der Waals surface area (Å²) >= 11 is 3.26. The Morgan fingerprint density at radius 1 is 1.00 bits per heavy atom. The van der Waals surface area contributed by atoms with Crippen molar-refractivity contribution < 1.29 is 9.59 Å². The Morgan fingerprint density at radius 3 is 2.48 bits per heavy atom. The van der Waals surface area contributed by atoms with Crippen molar-refractivity contribution in [2.75, 3.05) is 6.54 Å². The lowest BCUT2D eigenvalue weighted by molar-refractivity contribution is -0.136. The summed E-state index contributed by atoms with van der Waals surface area (Å²) in [5.41, 5.74) is 8.88. The highest BCUT2D eigenvalue weighted by Crippen LogP contribution is 2.36. The second kappa shape index (κ2) is 8.37. The fourth-order valence-corrected chi connectivity index (χ4v) is 5.84. The largest absolute Gasteiger partial charge is 0.368 e. The third-order valence-corrected chi connectivity index (χ3v) is 7.75. The van der Waals surface area contributed by atoms with Crippen LogP contribution >= 0.6 is 22.7 Å². The number of nitrogens with two attached hydrogens (primary N) is 1. The van der Waals surface area contributed by atoms with Crippen LogP contribution in [-0.2, 0) is 22.6 Å². The monoisotopic (exact) mass is 450 g/mol. The number of carbonyl (C=O) groups is 2. The second-order valence-electron chi connectivity index (χ2n) is 7.79. The van der Waals surface area contributed by atoms with Crippen LogP contribution in [0.1, 0.15) is 33.3 Å². The van der Waals surface area contributed by atoms with E-state index in [2.05, 4.69) is 0 Å². The van der Waals surface area contributed by atoms with Gasteiger partial charge in [0.25, 0.3) is 5.91 Å². The summed E-state index contributed by atoms with van der Waals surface area (Å²) in [7, 11) is 0. The zero-order chi connectivity index (χ0) is 21.4. The van der Waals surface area contributed by atoms with Crippen LogP contribution in [0.4, 0.5) is 0 Å². The first-order valence-electron chi connectivity index (χ1n) is 10.2. The summed E-state index contributed by atoms with van der Waals surface area (Å²) in [5, 5.41) is 10.4. The maximum absolute atomic E-state index is 13.4. The van der Waals surface area contributed by atoms with Crippen LogP contribution in [0.5, 0.6) is 0 Å². The molecular weight excluding hydrogens is 428 g/mol. The zero-order valence-electron chi connectivity index (χ0n) is 16.8. The van der Waals surface area contributed by atoms with Gasteiger partial charge in [0.1, 0.15) is 0 Å². The maximum Gasteiger partial charge on any atom is 0.257 e. The van der Waals surface area contributed by atoms with Crippen molar-refractivity contribution in [2.24, 2.45) is 10.8 Å². The minimum absolute atomic E-state index is 0.102. The van der Waals surface area contributed by atoms with Crippen LogP contribution in [0.2, 0.25) is 0 Å². The second-order valence-corrected chi connectivity index (χ2v) is 9.72. The van der Waals surface area contributed by atoms with Crippen molar-refractivity contribution >= 4 is 40.2 Å². The van der Waals surface area contributed by atoms with Crippen LogP contribution < -0.4 is 5.73 Å². The van der Waals surface area contributed by atoms with Gasteiger partial charge in [0, 0.05) is 17.8 Å². The predicted molar refractivity (Wildman–Crippen MR) is 123 cm³/mol. The normalized spacial score (nSPS) is 21.0. The molecule has 5 rings (SSSR count). The van der Waals surface area contributed by atoms with Gasteiger partial charge < -0.3 is 5.73 Å². The van der Waals surface area contributed by atoms with Gasteiger partial charge in [0.15, 0.2) is 0 Å². The SMILES string of the molecule is NC(=O)[C@@H]1Cc2ccccc2CN1CC(=O)N1N=C(c2cccs2)C[C@H]1c1cccs1. The molecule has 2 aliphatic rings. The smallest absolute Gasteiger partial charge is 0.257 e. The van der Waals surface area contributed by atoms with E-state index in [0.717, 1.165) is 26.6 Å². The van der Waals surface area contributed by atoms with Gasteiger partial charge in [-0.05, 0) is 40.4 Å². The molecular formula is C23H22N4O2S2. The topological polar surface area (TPSA) is 79.0 Å². The average Bonchev–Trinajstić information content (AvgIpc) is 3.54. The van der Waals surface area contributed by atoms with Crippen LogP contribution in [0.3, 0.4) is 0 Å². The van der Waals surface area contributed by atoms with Gasteiger partial charge in [0.2, 0.25) is 5.91 Å². The minimum Gasteiger partial charge on any atom is -0.368 e. The van der Waals surface area contributed by atoms with E-state index in [1.54, 1.807) is 27.7 Å². The molecule has 0 radical (unpaired) electrons. The molecule has 2 aliphatic heterocycles. The van der Waals surface area contributed by atoms with E-state index < -0.39 is 11.9 Å². The first-order chi connectivity index (χ1) is 15.1. The van der Waals surface area contributed by atoms with Gasteiger partial charge in [-0.15, -0.1) is 22.7 Å². The molecule has 0 fully saturated rings. The van der Waals surface area contributed by atoms with Crippen molar-refractivity contribution in [2.45, 2.75) is 31.5 Å². The minimum atomic E-state index is -0.498. The lowest BCUT2D eigenvalue weighted by atomic mass is 9.93. The molecule has 2 N–H and O–H groups in total. The number of benzene rings is 1. The quantitative estimate of drug-likeness (QED) is 0.647. The van der Waals surface area contributed by atoms with Crippen molar-refractivity contribution in [3.63, 3.8) is 0 Å². The Kier molecular flexibility index (Phi) is 5.43. The molecule has 0 saturated heterocycles. The molecule has 0 spiro atoms. The Bertz CT molecular complexity index is 1120. The van der Waals surface area contributed by atoms with Crippen LogP contribution in [0, 0.1) is 0 Å². The molecule has 1 aromatic carbocycles. The third kappa shape index (κ3) is 3.94. The van der Waals surface area contributed by atoms with Crippen LogP contribution in [0.25, 0.3) is 0 Å². The fourth-order valence-electron chi connectivity index (χ4n) is 4.30. The Balaban J connectivity index is 1.41. The van der Waals surface area contributed by atoms with Crippen molar-refractivity contribution in [1.82, 2.24) is 9.91 Å². The third-order valence-electron chi connectivity index (χ3n) is 5.86. The number of amides is 2. The molecule has 4 heterocycles. The molecule has 0 unspecified atom stereocenters. The molecule has 2 amide bonds. The molecule has 0 bridgehead atoms. The average molecular weight is 451 g/mol. The fraction of sp³-hybridized carbons (Fsp3) is 0.261. The highest BCUT2D eigenvalue weighted by Gasteiger charge is 2.37. The predicted octanol–water partition coefficient (Wildman–Crippen LogP) is 3.40. The molecule has 2 atom stereocenters. The molecule has 6 nitrogen and oxygen atoms in total. The summed E-state index contributed by atoms with van der Waals surface area (Å²) in [5.74, 6) is -0.517. The lowest BCUT2D eigenvalue weighted by Gasteiger charge is -2.35. The number of hydrogen-bond donors (Lipinski definition) is 1. The summed E-state index contributed by atoms with van der Waals surface area (Å²) in [6.07, 6.45) is 1.21.